The Labute approximate surface area is 295 Å². The van der Waals surface area contributed by atoms with E-state index >= 15 is 0 Å². The van der Waals surface area contributed by atoms with Gasteiger partial charge < -0.3 is 9.80 Å². The number of carbonyl (C=O) groups is 2. The summed E-state index contributed by atoms with van der Waals surface area (Å²) < 4.78 is 39.5. The van der Waals surface area contributed by atoms with Crippen LogP contribution in [0.5, 0.6) is 0 Å². The summed E-state index contributed by atoms with van der Waals surface area (Å²) in [5.41, 5.74) is 4.23. The highest BCUT2D eigenvalue weighted by atomic mass is 19.4. The summed E-state index contributed by atoms with van der Waals surface area (Å²) >= 11 is 0. The number of alkyl halides is 3. The van der Waals surface area contributed by atoms with E-state index in [0.29, 0.717) is 38.2 Å². The molecule has 51 heavy (non-hydrogen) atoms. The number of rotatable bonds is 11. The third-order valence-corrected chi connectivity index (χ3v) is 8.95. The van der Waals surface area contributed by atoms with Crippen LogP contribution in [-0.2, 0) is 35.3 Å². The number of amides is 2. The van der Waals surface area contributed by atoms with Crippen LogP contribution >= 0.6 is 0 Å². The summed E-state index contributed by atoms with van der Waals surface area (Å²) in [5, 5.41) is 0. The third kappa shape index (κ3) is 9.55. The van der Waals surface area contributed by atoms with Crippen LogP contribution in [0.3, 0.4) is 0 Å². The van der Waals surface area contributed by atoms with Crippen molar-refractivity contribution < 1.29 is 22.8 Å². The van der Waals surface area contributed by atoms with Crippen molar-refractivity contribution in [1.29, 1.82) is 0 Å². The molecular formula is C41H38F3N5O2. The minimum Gasteiger partial charge on any atom is -0.338 e. The van der Waals surface area contributed by atoms with Crippen LogP contribution in [0.4, 0.5) is 13.2 Å². The van der Waals surface area contributed by atoms with Crippen LogP contribution in [0.2, 0.25) is 0 Å². The molecule has 7 nitrogen and oxygen atoms in total. The average molecular weight is 690 g/mol. The summed E-state index contributed by atoms with van der Waals surface area (Å²) in [7, 11) is 0. The maximum absolute atomic E-state index is 14.5. The Morgan fingerprint density at radius 3 is 2.12 bits per heavy atom. The summed E-state index contributed by atoms with van der Waals surface area (Å²) in [6.07, 6.45) is 3.97. The van der Waals surface area contributed by atoms with Crippen molar-refractivity contribution in [2.45, 2.75) is 31.7 Å². The molecule has 1 atom stereocenters. The van der Waals surface area contributed by atoms with Gasteiger partial charge in [-0.2, -0.15) is 13.2 Å². The second-order valence-corrected chi connectivity index (χ2v) is 12.5. The minimum absolute atomic E-state index is 0.142. The van der Waals surface area contributed by atoms with E-state index in [1.165, 1.54) is 24.3 Å². The molecule has 1 fully saturated rings. The number of carbonyl (C=O) groups excluding carboxylic acids is 2. The number of hydrogen-bond donors (Lipinski definition) is 0. The predicted molar refractivity (Wildman–Crippen MR) is 191 cm³/mol. The van der Waals surface area contributed by atoms with Crippen molar-refractivity contribution in [1.82, 2.24) is 24.7 Å². The zero-order valence-electron chi connectivity index (χ0n) is 28.0. The first kappa shape index (κ1) is 35.2. The van der Waals surface area contributed by atoms with Crippen LogP contribution in [0.1, 0.15) is 27.8 Å². The summed E-state index contributed by atoms with van der Waals surface area (Å²) in [6, 6.07) is 30.7. The van der Waals surface area contributed by atoms with Crippen LogP contribution in [0.25, 0.3) is 17.3 Å². The first-order valence-corrected chi connectivity index (χ1v) is 16.8. The lowest BCUT2D eigenvalue weighted by Crippen LogP contribution is -2.56. The van der Waals surface area contributed by atoms with Gasteiger partial charge in [-0.25, -0.2) is 0 Å². The highest BCUT2D eigenvalue weighted by Crippen LogP contribution is 2.29. The molecule has 0 saturated carbocycles. The zero-order valence-corrected chi connectivity index (χ0v) is 28.0. The molecule has 0 bridgehead atoms. The van der Waals surface area contributed by atoms with E-state index in [1.807, 2.05) is 96.0 Å². The largest absolute Gasteiger partial charge is 0.416 e. The van der Waals surface area contributed by atoms with Gasteiger partial charge in [-0.3, -0.25) is 24.5 Å². The molecule has 3 heterocycles. The van der Waals surface area contributed by atoms with Crippen molar-refractivity contribution in [3.63, 3.8) is 0 Å². The highest BCUT2D eigenvalue weighted by molar-refractivity contribution is 5.95. The van der Waals surface area contributed by atoms with Crippen LogP contribution in [0, 0.1) is 0 Å². The zero-order chi connectivity index (χ0) is 35.6. The van der Waals surface area contributed by atoms with Gasteiger partial charge >= 0.3 is 6.18 Å². The van der Waals surface area contributed by atoms with E-state index in [1.54, 1.807) is 17.3 Å². The average Bonchev–Trinajstić information content (AvgIpc) is 3.16. The molecule has 1 aliphatic rings. The summed E-state index contributed by atoms with van der Waals surface area (Å²) in [5.74, 6) is -0.575. The molecule has 6 rings (SSSR count). The quantitative estimate of drug-likeness (QED) is 0.138. The molecule has 2 amide bonds. The van der Waals surface area contributed by atoms with Gasteiger partial charge in [0, 0.05) is 75.9 Å². The van der Waals surface area contributed by atoms with Gasteiger partial charge in [-0.05, 0) is 58.7 Å². The SMILES string of the molecule is O=C([C@H](Cc1ccccc1)N(Cc1ccc(-c2ccccn2)cc1)C(=O)C=Cc1ccc(C(F)(F)F)cc1)N1CCN(Cc2cccnc2)CC1. The lowest BCUT2D eigenvalue weighted by atomic mass is 10.0. The fraction of sp³-hybridized carbons (Fsp3) is 0.220. The van der Waals surface area contributed by atoms with Gasteiger partial charge in [-0.15, -0.1) is 0 Å². The molecule has 2 aromatic heterocycles. The first-order valence-electron chi connectivity index (χ1n) is 16.8. The Balaban J connectivity index is 1.28. The van der Waals surface area contributed by atoms with Gasteiger partial charge in [-0.1, -0.05) is 78.9 Å². The Kier molecular flexibility index (Phi) is 11.3. The number of nitrogens with zero attached hydrogens (tertiary/aromatic N) is 5. The molecular weight excluding hydrogens is 651 g/mol. The maximum Gasteiger partial charge on any atom is 0.416 e. The first-order chi connectivity index (χ1) is 24.7. The van der Waals surface area contributed by atoms with Crippen molar-refractivity contribution >= 4 is 17.9 Å². The number of piperazine rings is 1. The number of benzene rings is 3. The van der Waals surface area contributed by atoms with E-state index in [2.05, 4.69) is 14.9 Å². The van der Waals surface area contributed by atoms with E-state index < -0.39 is 23.7 Å². The molecule has 5 aromatic rings. The van der Waals surface area contributed by atoms with E-state index in [9.17, 15) is 22.8 Å². The highest BCUT2D eigenvalue weighted by Gasteiger charge is 2.34. The van der Waals surface area contributed by atoms with Crippen LogP contribution < -0.4 is 0 Å². The van der Waals surface area contributed by atoms with Crippen molar-refractivity contribution in [2.75, 3.05) is 26.2 Å². The summed E-state index contributed by atoms with van der Waals surface area (Å²) in [6.45, 7) is 3.24. The normalized spacial score (nSPS) is 14.4. The number of pyridine rings is 2. The van der Waals surface area contributed by atoms with Crippen LogP contribution in [0.15, 0.2) is 134 Å². The molecule has 1 saturated heterocycles. The van der Waals surface area contributed by atoms with E-state index in [4.69, 9.17) is 0 Å². The van der Waals surface area contributed by atoms with Gasteiger partial charge in [0.15, 0.2) is 0 Å². The molecule has 0 spiro atoms. The molecule has 0 N–H and O–H groups in total. The summed E-state index contributed by atoms with van der Waals surface area (Å²) in [4.78, 5) is 43.0. The maximum atomic E-state index is 14.5. The molecule has 0 unspecified atom stereocenters. The minimum atomic E-state index is -4.46. The van der Waals surface area contributed by atoms with Crippen molar-refractivity contribution in [3.05, 3.63) is 162 Å². The fourth-order valence-corrected chi connectivity index (χ4v) is 6.15. The van der Waals surface area contributed by atoms with Crippen LogP contribution in [-0.4, -0.2) is 68.7 Å². The van der Waals surface area contributed by atoms with Gasteiger partial charge in [0.2, 0.25) is 11.8 Å². The third-order valence-electron chi connectivity index (χ3n) is 8.95. The second-order valence-electron chi connectivity index (χ2n) is 12.5. The van der Waals surface area contributed by atoms with Gasteiger partial charge in [0.1, 0.15) is 6.04 Å². The predicted octanol–water partition coefficient (Wildman–Crippen LogP) is 7.16. The Hall–Kier alpha value is -5.61. The lowest BCUT2D eigenvalue weighted by molar-refractivity contribution is -0.145. The molecule has 3 aromatic carbocycles. The Bertz CT molecular complexity index is 1900. The molecule has 1 aliphatic heterocycles. The Morgan fingerprint density at radius 1 is 0.765 bits per heavy atom. The second kappa shape index (κ2) is 16.4. The topological polar surface area (TPSA) is 69.6 Å². The van der Waals surface area contributed by atoms with E-state index in [0.717, 1.165) is 46.6 Å². The lowest BCUT2D eigenvalue weighted by Gasteiger charge is -2.39. The van der Waals surface area contributed by atoms with E-state index in [-0.39, 0.29) is 12.5 Å². The van der Waals surface area contributed by atoms with Gasteiger partial charge in [0.25, 0.3) is 0 Å². The van der Waals surface area contributed by atoms with Crippen molar-refractivity contribution in [3.8, 4) is 11.3 Å². The standard InChI is InChI=1S/C41H38F3N5O2/c42-41(43,44)36-18-13-31(14-19-36)15-20-39(50)49(30-33-11-16-35(17-12-33)37-10-4-5-22-46-37)38(27-32-7-2-1-3-8-32)40(51)48-25-23-47(24-26-48)29-34-9-6-21-45-28-34/h1-22,28,38H,23-27,29-30H2/t38-/m0/s1. The smallest absolute Gasteiger partial charge is 0.338 e. The number of hydrogen-bond acceptors (Lipinski definition) is 5. The number of aromatic nitrogens is 2. The van der Waals surface area contributed by atoms with Crippen molar-refractivity contribution in [2.24, 2.45) is 0 Å². The molecule has 0 radical (unpaired) electrons. The molecule has 10 heteroatoms. The molecule has 260 valence electrons. The number of halogens is 3. The fourth-order valence-electron chi connectivity index (χ4n) is 6.15. The monoisotopic (exact) mass is 689 g/mol. The van der Waals surface area contributed by atoms with Gasteiger partial charge in [0.05, 0.1) is 11.3 Å². The Morgan fingerprint density at radius 2 is 1.47 bits per heavy atom. The molecule has 0 aliphatic carbocycles.